The summed E-state index contributed by atoms with van der Waals surface area (Å²) in [5, 5.41) is 14.2. The summed E-state index contributed by atoms with van der Waals surface area (Å²) in [4.78, 5) is 38.6. The first kappa shape index (κ1) is 39.2. The van der Waals surface area contributed by atoms with Gasteiger partial charge < -0.3 is 34.3 Å². The second-order valence-corrected chi connectivity index (χ2v) is 12.2. The maximum absolute atomic E-state index is 13.8. The molecule has 268 valence electrons. The van der Waals surface area contributed by atoms with E-state index in [1.165, 1.54) is 81.0 Å². The van der Waals surface area contributed by atoms with Crippen molar-refractivity contribution in [3.05, 3.63) is 97.6 Å². The van der Waals surface area contributed by atoms with E-state index in [0.717, 1.165) is 0 Å². The number of carbonyl (C=O) groups is 3. The number of benzene rings is 3. The first-order valence-corrected chi connectivity index (χ1v) is 16.7. The third kappa shape index (κ3) is 9.89. The van der Waals surface area contributed by atoms with Crippen LogP contribution in [-0.2, 0) is 19.6 Å². The normalized spacial score (nSPS) is 11.1. The number of nitriles is 1. The minimum Gasteiger partial charge on any atom is -0.491 e. The fraction of sp³-hybridized carbons (Fsp3) is 0.222. The van der Waals surface area contributed by atoms with Crippen molar-refractivity contribution in [2.75, 3.05) is 49.4 Å². The Morgan fingerprint density at radius 3 is 1.90 bits per heavy atom. The van der Waals surface area contributed by atoms with Gasteiger partial charge in [0.25, 0.3) is 15.9 Å². The van der Waals surface area contributed by atoms with Crippen LogP contribution in [0.2, 0.25) is 0 Å². The predicted octanol–water partition coefficient (Wildman–Crippen LogP) is 5.72. The van der Waals surface area contributed by atoms with Crippen molar-refractivity contribution in [1.82, 2.24) is 0 Å². The molecule has 0 heterocycles. The highest BCUT2D eigenvalue weighted by Gasteiger charge is 2.27. The standard InChI is InChI=1S/C36H38N4O10S/c1-7-20-48-30-26(35(42)39-28-16-15-27(36(43)50-22-9-3)31(32(28)46-5)49-21-8-2)14-17-29(33(30)47-6)40-51(44,45)25-12-10-24(11-13-25)38-34(41)23(4)18-19-37/h7-17,23,40H,1-3,18,20-22H2,4-6H3,(H,38,41)(H,39,42)/t23-/m0/s1. The van der Waals surface area contributed by atoms with Crippen LogP contribution in [0.5, 0.6) is 23.0 Å². The van der Waals surface area contributed by atoms with E-state index < -0.39 is 27.8 Å². The number of anilines is 3. The highest BCUT2D eigenvalue weighted by atomic mass is 32.2. The Morgan fingerprint density at radius 2 is 1.33 bits per heavy atom. The van der Waals surface area contributed by atoms with Crippen LogP contribution in [0.15, 0.2) is 91.4 Å². The molecular formula is C36H38N4O10S. The quantitative estimate of drug-likeness (QED) is 0.102. The van der Waals surface area contributed by atoms with Crippen molar-refractivity contribution in [1.29, 1.82) is 5.26 Å². The summed E-state index contributed by atoms with van der Waals surface area (Å²) in [7, 11) is -1.61. The Balaban J connectivity index is 1.97. The van der Waals surface area contributed by atoms with Crippen molar-refractivity contribution in [3.63, 3.8) is 0 Å². The molecule has 0 fully saturated rings. The molecule has 3 N–H and O–H groups in total. The third-order valence-electron chi connectivity index (χ3n) is 6.89. The van der Waals surface area contributed by atoms with E-state index in [1.807, 2.05) is 6.07 Å². The zero-order valence-electron chi connectivity index (χ0n) is 28.3. The van der Waals surface area contributed by atoms with E-state index in [1.54, 1.807) is 6.92 Å². The van der Waals surface area contributed by atoms with Crippen LogP contribution in [0, 0.1) is 17.2 Å². The molecule has 2 amide bonds. The fourth-order valence-corrected chi connectivity index (χ4v) is 5.50. The number of sulfonamides is 1. The topological polar surface area (TPSA) is 191 Å². The van der Waals surface area contributed by atoms with Gasteiger partial charge in [-0.3, -0.25) is 14.3 Å². The first-order chi connectivity index (χ1) is 24.5. The second-order valence-electron chi connectivity index (χ2n) is 10.5. The van der Waals surface area contributed by atoms with E-state index >= 15 is 0 Å². The summed E-state index contributed by atoms with van der Waals surface area (Å²) in [6, 6.07) is 12.8. The number of carbonyl (C=O) groups excluding carboxylic acids is 3. The van der Waals surface area contributed by atoms with Gasteiger partial charge in [0.15, 0.2) is 23.0 Å². The molecule has 0 saturated carbocycles. The molecule has 0 aliphatic carbocycles. The molecule has 0 bridgehead atoms. The van der Waals surface area contributed by atoms with E-state index in [9.17, 15) is 22.8 Å². The summed E-state index contributed by atoms with van der Waals surface area (Å²) >= 11 is 0. The van der Waals surface area contributed by atoms with Gasteiger partial charge in [0.1, 0.15) is 25.4 Å². The number of nitrogens with zero attached hydrogens (tertiary/aromatic N) is 1. The van der Waals surface area contributed by atoms with Crippen molar-refractivity contribution in [3.8, 4) is 29.1 Å². The number of esters is 1. The SMILES string of the molecule is C=CCOC(=O)c1ccc(NC(=O)c2ccc(NS(=O)(=O)c3ccc(NC(=O)[C@@H](C)CC#N)cc3)c(OC)c2OCC=C)c(OC)c1OCC=C. The average Bonchev–Trinajstić information content (AvgIpc) is 3.11. The molecule has 3 aromatic rings. The molecule has 3 rings (SSSR count). The molecule has 3 aromatic carbocycles. The van der Waals surface area contributed by atoms with Crippen molar-refractivity contribution in [2.45, 2.75) is 18.2 Å². The number of hydrogen-bond acceptors (Lipinski definition) is 11. The largest absolute Gasteiger partial charge is 0.491 e. The van der Waals surface area contributed by atoms with Crippen LogP contribution in [0.1, 0.15) is 34.1 Å². The number of hydrogen-bond donors (Lipinski definition) is 3. The van der Waals surface area contributed by atoms with Crippen LogP contribution < -0.4 is 34.3 Å². The molecule has 14 nitrogen and oxygen atoms in total. The maximum atomic E-state index is 13.8. The van der Waals surface area contributed by atoms with Gasteiger partial charge in [-0.1, -0.05) is 44.9 Å². The van der Waals surface area contributed by atoms with Crippen LogP contribution in [0.3, 0.4) is 0 Å². The Hall–Kier alpha value is -6.27. The van der Waals surface area contributed by atoms with Crippen LogP contribution in [-0.4, -0.2) is 60.2 Å². The van der Waals surface area contributed by atoms with Crippen LogP contribution in [0.4, 0.5) is 17.1 Å². The number of amides is 2. The Labute approximate surface area is 296 Å². The highest BCUT2D eigenvalue weighted by molar-refractivity contribution is 7.92. The molecule has 0 unspecified atom stereocenters. The van der Waals surface area contributed by atoms with Gasteiger partial charge in [-0.15, -0.1) is 0 Å². The van der Waals surface area contributed by atoms with Crippen molar-refractivity contribution in [2.24, 2.45) is 5.92 Å². The molecule has 51 heavy (non-hydrogen) atoms. The predicted molar refractivity (Wildman–Crippen MR) is 191 cm³/mol. The smallest absolute Gasteiger partial charge is 0.342 e. The van der Waals surface area contributed by atoms with Gasteiger partial charge in [-0.2, -0.15) is 5.26 Å². The lowest BCUT2D eigenvalue weighted by Crippen LogP contribution is -2.20. The van der Waals surface area contributed by atoms with E-state index in [0.29, 0.717) is 5.69 Å². The van der Waals surface area contributed by atoms with Gasteiger partial charge in [-0.05, 0) is 48.5 Å². The highest BCUT2D eigenvalue weighted by Crippen LogP contribution is 2.42. The van der Waals surface area contributed by atoms with Crippen molar-refractivity contribution < 1.29 is 46.5 Å². The molecule has 0 spiro atoms. The van der Waals surface area contributed by atoms with Gasteiger partial charge in [0.05, 0.1) is 42.1 Å². The third-order valence-corrected chi connectivity index (χ3v) is 8.27. The Kier molecular flexibility index (Phi) is 14.2. The number of methoxy groups -OCH3 is 2. The zero-order valence-corrected chi connectivity index (χ0v) is 29.1. The van der Waals surface area contributed by atoms with Gasteiger partial charge >= 0.3 is 5.97 Å². The average molecular weight is 719 g/mol. The number of rotatable bonds is 19. The molecule has 0 aromatic heterocycles. The monoisotopic (exact) mass is 718 g/mol. The summed E-state index contributed by atoms with van der Waals surface area (Å²) in [6.07, 6.45) is 4.33. The van der Waals surface area contributed by atoms with E-state index in [4.69, 9.17) is 28.9 Å². The van der Waals surface area contributed by atoms with Gasteiger partial charge in [-0.25, -0.2) is 13.2 Å². The summed E-state index contributed by atoms with van der Waals surface area (Å²) in [5.41, 5.74) is 0.407. The lowest BCUT2D eigenvalue weighted by Gasteiger charge is -2.20. The maximum Gasteiger partial charge on any atom is 0.342 e. The molecule has 0 saturated heterocycles. The lowest BCUT2D eigenvalue weighted by atomic mass is 10.1. The van der Waals surface area contributed by atoms with E-state index in [-0.39, 0.29) is 82.5 Å². The summed E-state index contributed by atoms with van der Waals surface area (Å²) < 4.78 is 57.0. The van der Waals surface area contributed by atoms with Gasteiger partial charge in [0, 0.05) is 18.0 Å². The van der Waals surface area contributed by atoms with Crippen molar-refractivity contribution >= 4 is 44.9 Å². The molecule has 0 radical (unpaired) electrons. The van der Waals surface area contributed by atoms with Crippen LogP contribution in [0.25, 0.3) is 0 Å². The Bertz CT molecular complexity index is 1940. The lowest BCUT2D eigenvalue weighted by molar-refractivity contribution is -0.119. The summed E-state index contributed by atoms with van der Waals surface area (Å²) in [6.45, 7) is 12.3. The summed E-state index contributed by atoms with van der Waals surface area (Å²) in [5.74, 6) is -2.55. The molecule has 0 aliphatic heterocycles. The van der Waals surface area contributed by atoms with Gasteiger partial charge in [0.2, 0.25) is 5.91 Å². The minimum absolute atomic E-state index is 0.00121. The number of ether oxygens (including phenoxy) is 5. The molecule has 1 atom stereocenters. The molecule has 15 heteroatoms. The zero-order chi connectivity index (χ0) is 37.6. The first-order valence-electron chi connectivity index (χ1n) is 15.3. The second kappa shape index (κ2) is 18.5. The molecule has 0 aliphatic rings. The Morgan fingerprint density at radius 1 is 0.784 bits per heavy atom. The number of nitrogens with one attached hydrogen (secondary N) is 3. The minimum atomic E-state index is -4.22. The fourth-order valence-electron chi connectivity index (χ4n) is 4.44. The van der Waals surface area contributed by atoms with Crippen LogP contribution >= 0.6 is 0 Å². The molecular weight excluding hydrogens is 680 g/mol. The van der Waals surface area contributed by atoms with E-state index in [2.05, 4.69) is 35.1 Å².